The Labute approximate surface area is 428 Å². The lowest BCUT2D eigenvalue weighted by molar-refractivity contribution is -0.123. The van der Waals surface area contributed by atoms with Crippen LogP contribution in [0.4, 0.5) is 0 Å². The van der Waals surface area contributed by atoms with E-state index in [1.807, 2.05) is 0 Å². The first-order chi connectivity index (χ1) is 33.9. The van der Waals surface area contributed by atoms with E-state index in [1.54, 1.807) is 0 Å². The molecular formula is C59H118N6O4. The minimum atomic E-state index is 0.0813. The van der Waals surface area contributed by atoms with Crippen LogP contribution in [0.2, 0.25) is 0 Å². The monoisotopic (exact) mass is 975 g/mol. The van der Waals surface area contributed by atoms with E-state index in [2.05, 4.69) is 58.8 Å². The lowest BCUT2D eigenvalue weighted by Gasteiger charge is -2.26. The summed E-state index contributed by atoms with van der Waals surface area (Å²) in [6, 6.07) is 0. The van der Waals surface area contributed by atoms with Gasteiger partial charge in [-0.25, -0.2) is 0 Å². The van der Waals surface area contributed by atoms with Crippen LogP contribution in [0.3, 0.4) is 0 Å². The van der Waals surface area contributed by atoms with Crippen LogP contribution in [0.1, 0.15) is 291 Å². The van der Waals surface area contributed by atoms with Crippen molar-refractivity contribution in [3.8, 4) is 0 Å². The van der Waals surface area contributed by atoms with E-state index in [0.717, 1.165) is 97.1 Å². The highest BCUT2D eigenvalue weighted by Crippen LogP contribution is 2.13. The molecule has 0 spiro atoms. The Balaban J connectivity index is 5.16. The van der Waals surface area contributed by atoms with Gasteiger partial charge in [0.05, 0.1) is 0 Å². The quantitative estimate of drug-likeness (QED) is 0.0450. The topological polar surface area (TPSA) is 123 Å². The number of hydrogen-bond donors (Lipinski definition) is 4. The van der Waals surface area contributed by atoms with Gasteiger partial charge < -0.3 is 31.1 Å². The van der Waals surface area contributed by atoms with E-state index in [0.29, 0.717) is 51.9 Å². The Morgan fingerprint density at radius 3 is 0.594 bits per heavy atom. The summed E-state index contributed by atoms with van der Waals surface area (Å²) in [6.45, 7) is 15.9. The molecule has 0 saturated carbocycles. The van der Waals surface area contributed by atoms with Gasteiger partial charge in [-0.15, -0.1) is 0 Å². The third-order valence-corrected chi connectivity index (χ3v) is 14.0. The molecule has 0 aromatic carbocycles. The second-order valence-corrected chi connectivity index (χ2v) is 20.8. The van der Waals surface area contributed by atoms with E-state index < -0.39 is 0 Å². The zero-order chi connectivity index (χ0) is 50.4. The average molecular weight is 976 g/mol. The number of unbranched alkanes of at least 4 members (excludes halogenated alkanes) is 32. The van der Waals surface area contributed by atoms with Gasteiger partial charge in [-0.2, -0.15) is 0 Å². The molecule has 0 aliphatic rings. The fraction of sp³-hybridized carbons (Fsp3) is 0.932. The Hall–Kier alpha value is -2.20. The number of carbonyl (C=O) groups is 4. The molecular weight excluding hydrogens is 857 g/mol. The van der Waals surface area contributed by atoms with E-state index in [4.69, 9.17) is 0 Å². The lowest BCUT2D eigenvalue weighted by atomic mass is 10.1. The smallest absolute Gasteiger partial charge is 0.221 e. The number of carbonyl (C=O) groups excluding carboxylic acids is 4. The molecule has 0 radical (unpaired) electrons. The Kier molecular flexibility index (Phi) is 53.4. The first-order valence-electron chi connectivity index (χ1n) is 30.4. The van der Waals surface area contributed by atoms with Crippen LogP contribution in [-0.4, -0.2) is 98.9 Å². The molecule has 408 valence electrons. The van der Waals surface area contributed by atoms with Crippen molar-refractivity contribution in [1.29, 1.82) is 0 Å². The van der Waals surface area contributed by atoms with Crippen LogP contribution in [0.25, 0.3) is 0 Å². The van der Waals surface area contributed by atoms with Crippen molar-refractivity contribution in [2.24, 2.45) is 0 Å². The van der Waals surface area contributed by atoms with Crippen LogP contribution in [-0.2, 0) is 19.2 Å². The van der Waals surface area contributed by atoms with E-state index in [1.165, 1.54) is 180 Å². The molecule has 0 aromatic rings. The molecule has 0 aliphatic heterocycles. The van der Waals surface area contributed by atoms with Gasteiger partial charge in [0, 0.05) is 78.0 Å². The van der Waals surface area contributed by atoms with Crippen molar-refractivity contribution in [1.82, 2.24) is 31.1 Å². The summed E-state index contributed by atoms with van der Waals surface area (Å²) >= 11 is 0. The molecule has 10 heteroatoms. The zero-order valence-electron chi connectivity index (χ0n) is 46.6. The molecule has 0 aromatic heterocycles. The molecule has 0 atom stereocenters. The maximum absolute atomic E-state index is 13.0. The fourth-order valence-corrected chi connectivity index (χ4v) is 9.23. The molecule has 4 amide bonds. The van der Waals surface area contributed by atoms with Crippen LogP contribution in [0, 0.1) is 0 Å². The van der Waals surface area contributed by atoms with Crippen LogP contribution in [0.15, 0.2) is 0 Å². The summed E-state index contributed by atoms with van der Waals surface area (Å²) in [5.74, 6) is 0.325. The third-order valence-electron chi connectivity index (χ3n) is 14.0. The molecule has 4 N–H and O–H groups in total. The minimum absolute atomic E-state index is 0.0813. The average Bonchev–Trinajstić information content (AvgIpc) is 3.35. The van der Waals surface area contributed by atoms with Crippen LogP contribution in [0.5, 0.6) is 0 Å². The van der Waals surface area contributed by atoms with Gasteiger partial charge in [0.2, 0.25) is 23.6 Å². The molecule has 0 fully saturated rings. The van der Waals surface area contributed by atoms with Gasteiger partial charge in [-0.3, -0.25) is 19.2 Å². The Morgan fingerprint density at radius 2 is 0.406 bits per heavy atom. The second kappa shape index (κ2) is 55.1. The highest BCUT2D eigenvalue weighted by atomic mass is 16.2. The van der Waals surface area contributed by atoms with E-state index in [-0.39, 0.29) is 23.6 Å². The maximum Gasteiger partial charge on any atom is 0.221 e. The first-order valence-corrected chi connectivity index (χ1v) is 30.4. The first kappa shape index (κ1) is 66.8. The molecule has 0 bridgehead atoms. The summed E-state index contributed by atoms with van der Waals surface area (Å²) in [5.41, 5.74) is 0. The standard InChI is InChI=1S/C59H118N6O4/c1-5-9-13-17-21-25-29-33-37-46-60-56(66)42-52-64(53-43-57(67)61-47-38-34-30-26-22-18-14-10-6-2)50-41-51-65(54-44-58(68)62-48-39-35-31-27-23-19-15-11-7-3)55-45-59(69)63-49-40-36-32-28-24-20-16-12-8-4/h5-55H2,1-4H3,(H,60,66)(H,61,67)(H,62,68)(H,63,69). The van der Waals surface area contributed by atoms with Gasteiger partial charge in [-0.05, 0) is 45.2 Å². The minimum Gasteiger partial charge on any atom is -0.356 e. The van der Waals surface area contributed by atoms with Crippen molar-refractivity contribution in [2.45, 2.75) is 291 Å². The van der Waals surface area contributed by atoms with Gasteiger partial charge in [0.25, 0.3) is 0 Å². The van der Waals surface area contributed by atoms with Crippen LogP contribution >= 0.6 is 0 Å². The number of rotatable bonds is 56. The normalized spacial score (nSPS) is 11.4. The number of amides is 4. The van der Waals surface area contributed by atoms with E-state index >= 15 is 0 Å². The Bertz CT molecular complexity index is 960. The maximum atomic E-state index is 13.0. The zero-order valence-corrected chi connectivity index (χ0v) is 46.6. The SMILES string of the molecule is CCCCCCCCCCCNC(=O)CCN(CCCN(CCC(=O)NCCCCCCCCCCC)CCC(=O)NCCCCCCCCCCC)CCC(=O)NCCCCCCCCCCC. The molecule has 0 heterocycles. The molecule has 0 rings (SSSR count). The lowest BCUT2D eigenvalue weighted by Crippen LogP contribution is -2.38. The largest absolute Gasteiger partial charge is 0.356 e. The number of nitrogens with one attached hydrogen (secondary N) is 4. The summed E-state index contributed by atoms with van der Waals surface area (Å²) in [6.07, 6.45) is 47.9. The molecule has 0 unspecified atom stereocenters. The summed E-state index contributed by atoms with van der Waals surface area (Å²) < 4.78 is 0. The van der Waals surface area contributed by atoms with Crippen molar-refractivity contribution in [2.75, 3.05) is 65.4 Å². The summed E-state index contributed by atoms with van der Waals surface area (Å²) in [4.78, 5) is 56.5. The van der Waals surface area contributed by atoms with Gasteiger partial charge in [0.1, 0.15) is 0 Å². The van der Waals surface area contributed by atoms with Gasteiger partial charge in [-0.1, -0.05) is 233 Å². The molecule has 0 aliphatic carbocycles. The number of hydrogen-bond acceptors (Lipinski definition) is 6. The van der Waals surface area contributed by atoms with Crippen molar-refractivity contribution in [3.63, 3.8) is 0 Å². The summed E-state index contributed by atoms with van der Waals surface area (Å²) in [5, 5.41) is 12.6. The summed E-state index contributed by atoms with van der Waals surface area (Å²) in [7, 11) is 0. The van der Waals surface area contributed by atoms with Crippen molar-refractivity contribution >= 4 is 23.6 Å². The third kappa shape index (κ3) is 52.0. The highest BCUT2D eigenvalue weighted by Gasteiger charge is 2.15. The number of nitrogens with zero attached hydrogens (tertiary/aromatic N) is 2. The molecule has 0 saturated heterocycles. The Morgan fingerprint density at radius 1 is 0.232 bits per heavy atom. The van der Waals surface area contributed by atoms with Crippen LogP contribution < -0.4 is 21.3 Å². The molecule has 10 nitrogen and oxygen atoms in total. The highest BCUT2D eigenvalue weighted by molar-refractivity contribution is 5.77. The fourth-order valence-electron chi connectivity index (χ4n) is 9.23. The van der Waals surface area contributed by atoms with Crippen molar-refractivity contribution < 1.29 is 19.2 Å². The molecule has 69 heavy (non-hydrogen) atoms. The predicted molar refractivity (Wildman–Crippen MR) is 297 cm³/mol. The second-order valence-electron chi connectivity index (χ2n) is 20.8. The van der Waals surface area contributed by atoms with E-state index in [9.17, 15) is 19.2 Å². The van der Waals surface area contributed by atoms with Gasteiger partial charge in [0.15, 0.2) is 0 Å². The van der Waals surface area contributed by atoms with Crippen molar-refractivity contribution in [3.05, 3.63) is 0 Å². The van der Waals surface area contributed by atoms with Gasteiger partial charge >= 0.3 is 0 Å². The predicted octanol–water partition coefficient (Wildman–Crippen LogP) is 14.1.